The molecule has 1 aromatic carbocycles. The van der Waals surface area contributed by atoms with Gasteiger partial charge in [-0.15, -0.1) is 0 Å². The highest BCUT2D eigenvalue weighted by Crippen LogP contribution is 2.18. The van der Waals surface area contributed by atoms with Gasteiger partial charge >= 0.3 is 0 Å². The number of aromatic nitrogens is 2. The molecule has 5 nitrogen and oxygen atoms in total. The number of nitrogen functional groups attached to an aromatic ring is 1. The van der Waals surface area contributed by atoms with Crippen molar-refractivity contribution < 1.29 is 9.47 Å². The Kier molecular flexibility index (Phi) is 3.26. The molecule has 0 aliphatic carbocycles. The van der Waals surface area contributed by atoms with E-state index in [-0.39, 0.29) is 0 Å². The SMILES string of the molecule is CCOCCOc1nc2ccc(N)cc2[nH]1. The second-order valence-corrected chi connectivity index (χ2v) is 3.36. The van der Waals surface area contributed by atoms with Crippen LogP contribution in [-0.4, -0.2) is 29.8 Å². The highest BCUT2D eigenvalue weighted by atomic mass is 16.5. The highest BCUT2D eigenvalue weighted by Gasteiger charge is 2.03. The third-order valence-electron chi connectivity index (χ3n) is 2.15. The molecule has 2 aromatic rings. The fourth-order valence-electron chi connectivity index (χ4n) is 1.41. The smallest absolute Gasteiger partial charge is 0.294 e. The summed E-state index contributed by atoms with van der Waals surface area (Å²) in [5, 5.41) is 0. The van der Waals surface area contributed by atoms with E-state index in [1.165, 1.54) is 0 Å². The number of aromatic amines is 1. The molecule has 0 fully saturated rings. The van der Waals surface area contributed by atoms with E-state index in [4.69, 9.17) is 15.2 Å². The predicted octanol–water partition coefficient (Wildman–Crippen LogP) is 1.56. The minimum Gasteiger partial charge on any atom is -0.462 e. The van der Waals surface area contributed by atoms with Crippen LogP contribution < -0.4 is 10.5 Å². The molecule has 0 radical (unpaired) electrons. The number of imidazole rings is 1. The molecule has 2 rings (SSSR count). The lowest BCUT2D eigenvalue weighted by atomic mass is 10.3. The molecular weight excluding hydrogens is 206 g/mol. The van der Waals surface area contributed by atoms with Crippen LogP contribution in [0.2, 0.25) is 0 Å². The maximum absolute atomic E-state index is 5.66. The van der Waals surface area contributed by atoms with Crippen LogP contribution in [0.4, 0.5) is 5.69 Å². The lowest BCUT2D eigenvalue weighted by molar-refractivity contribution is 0.107. The molecule has 5 heteroatoms. The lowest BCUT2D eigenvalue weighted by Crippen LogP contribution is -2.06. The summed E-state index contributed by atoms with van der Waals surface area (Å²) < 4.78 is 10.6. The van der Waals surface area contributed by atoms with Gasteiger partial charge in [0.1, 0.15) is 6.61 Å². The number of nitrogens with zero attached hydrogens (tertiary/aromatic N) is 1. The van der Waals surface area contributed by atoms with Gasteiger partial charge in [-0.2, -0.15) is 4.98 Å². The van der Waals surface area contributed by atoms with Crippen LogP contribution in [-0.2, 0) is 4.74 Å². The number of nitrogens with two attached hydrogens (primary N) is 1. The van der Waals surface area contributed by atoms with Crippen molar-refractivity contribution in [2.24, 2.45) is 0 Å². The normalized spacial score (nSPS) is 10.8. The Morgan fingerprint density at radius 2 is 2.25 bits per heavy atom. The van der Waals surface area contributed by atoms with E-state index in [1.54, 1.807) is 0 Å². The minimum absolute atomic E-state index is 0.489. The van der Waals surface area contributed by atoms with Crippen LogP contribution in [0.15, 0.2) is 18.2 Å². The van der Waals surface area contributed by atoms with Crippen LogP contribution in [0.5, 0.6) is 6.01 Å². The first-order chi connectivity index (χ1) is 7.79. The van der Waals surface area contributed by atoms with E-state index < -0.39 is 0 Å². The molecule has 0 aliphatic heterocycles. The number of hydrogen-bond donors (Lipinski definition) is 2. The molecule has 0 aliphatic rings. The van der Waals surface area contributed by atoms with Crippen LogP contribution in [0, 0.1) is 0 Å². The van der Waals surface area contributed by atoms with Gasteiger partial charge in [0, 0.05) is 12.3 Å². The van der Waals surface area contributed by atoms with Gasteiger partial charge in [0.2, 0.25) is 0 Å². The van der Waals surface area contributed by atoms with Crippen molar-refractivity contribution in [3.63, 3.8) is 0 Å². The van der Waals surface area contributed by atoms with Gasteiger partial charge in [-0.25, -0.2) is 0 Å². The van der Waals surface area contributed by atoms with E-state index in [2.05, 4.69) is 9.97 Å². The Morgan fingerprint density at radius 3 is 3.06 bits per heavy atom. The van der Waals surface area contributed by atoms with E-state index in [1.807, 2.05) is 25.1 Å². The molecule has 16 heavy (non-hydrogen) atoms. The summed E-state index contributed by atoms with van der Waals surface area (Å²) in [6.07, 6.45) is 0. The number of ether oxygens (including phenoxy) is 2. The van der Waals surface area contributed by atoms with E-state index in [9.17, 15) is 0 Å². The number of fused-ring (bicyclic) bond motifs is 1. The first-order valence-electron chi connectivity index (χ1n) is 5.25. The quantitative estimate of drug-likeness (QED) is 0.593. The van der Waals surface area contributed by atoms with Crippen LogP contribution >= 0.6 is 0 Å². The fraction of sp³-hybridized carbons (Fsp3) is 0.364. The zero-order chi connectivity index (χ0) is 11.4. The monoisotopic (exact) mass is 221 g/mol. The van der Waals surface area contributed by atoms with Crippen molar-refractivity contribution in [1.82, 2.24) is 9.97 Å². The van der Waals surface area contributed by atoms with Gasteiger partial charge < -0.3 is 20.2 Å². The number of rotatable bonds is 5. The molecule has 0 unspecified atom stereocenters. The third kappa shape index (κ3) is 2.43. The van der Waals surface area contributed by atoms with Crippen molar-refractivity contribution >= 4 is 16.7 Å². The van der Waals surface area contributed by atoms with Crippen molar-refractivity contribution in [2.75, 3.05) is 25.6 Å². The molecule has 0 atom stereocenters. The van der Waals surface area contributed by atoms with Crippen LogP contribution in [0.1, 0.15) is 6.92 Å². The van der Waals surface area contributed by atoms with Gasteiger partial charge in [0.25, 0.3) is 6.01 Å². The van der Waals surface area contributed by atoms with E-state index in [0.29, 0.717) is 31.5 Å². The Labute approximate surface area is 93.6 Å². The Balaban J connectivity index is 2.02. The molecule has 0 saturated carbocycles. The van der Waals surface area contributed by atoms with E-state index in [0.717, 1.165) is 11.0 Å². The summed E-state index contributed by atoms with van der Waals surface area (Å²) in [6.45, 7) is 3.70. The molecular formula is C11H15N3O2. The average Bonchev–Trinajstić information content (AvgIpc) is 2.66. The minimum atomic E-state index is 0.489. The molecule has 3 N–H and O–H groups in total. The predicted molar refractivity (Wildman–Crippen MR) is 62.5 cm³/mol. The number of anilines is 1. The molecule has 86 valence electrons. The van der Waals surface area contributed by atoms with Crippen LogP contribution in [0.25, 0.3) is 11.0 Å². The van der Waals surface area contributed by atoms with Crippen molar-refractivity contribution in [3.05, 3.63) is 18.2 Å². The van der Waals surface area contributed by atoms with Gasteiger partial charge in [-0.3, -0.25) is 0 Å². The number of H-pyrrole nitrogens is 1. The summed E-state index contributed by atoms with van der Waals surface area (Å²) in [5.41, 5.74) is 8.10. The average molecular weight is 221 g/mol. The maximum Gasteiger partial charge on any atom is 0.294 e. The Hall–Kier alpha value is -1.75. The standard InChI is InChI=1S/C11H15N3O2/c1-2-15-5-6-16-11-13-9-4-3-8(12)7-10(9)14-11/h3-4,7H,2,5-6,12H2,1H3,(H,13,14). The molecule has 0 bridgehead atoms. The summed E-state index contributed by atoms with van der Waals surface area (Å²) >= 11 is 0. The van der Waals surface area contributed by atoms with Crippen LogP contribution in [0.3, 0.4) is 0 Å². The highest BCUT2D eigenvalue weighted by molar-refractivity contribution is 5.79. The fourth-order valence-corrected chi connectivity index (χ4v) is 1.41. The lowest BCUT2D eigenvalue weighted by Gasteiger charge is -2.01. The first kappa shape index (κ1) is 10.8. The number of nitrogens with one attached hydrogen (secondary N) is 1. The second-order valence-electron chi connectivity index (χ2n) is 3.36. The van der Waals surface area contributed by atoms with Gasteiger partial charge in [-0.05, 0) is 25.1 Å². The molecule has 0 saturated heterocycles. The molecule has 0 spiro atoms. The van der Waals surface area contributed by atoms with Crippen molar-refractivity contribution in [3.8, 4) is 6.01 Å². The topological polar surface area (TPSA) is 73.2 Å². The maximum atomic E-state index is 5.66. The van der Waals surface area contributed by atoms with Crippen molar-refractivity contribution in [2.45, 2.75) is 6.92 Å². The van der Waals surface area contributed by atoms with Gasteiger partial charge in [0.05, 0.1) is 17.6 Å². The van der Waals surface area contributed by atoms with E-state index >= 15 is 0 Å². The van der Waals surface area contributed by atoms with Gasteiger partial charge in [-0.1, -0.05) is 0 Å². The number of hydrogen-bond acceptors (Lipinski definition) is 4. The first-order valence-corrected chi connectivity index (χ1v) is 5.25. The second kappa shape index (κ2) is 4.85. The molecule has 1 aromatic heterocycles. The summed E-state index contributed by atoms with van der Waals surface area (Å²) in [6, 6.07) is 6.00. The van der Waals surface area contributed by atoms with Gasteiger partial charge in [0.15, 0.2) is 0 Å². The molecule has 1 heterocycles. The summed E-state index contributed by atoms with van der Waals surface area (Å²) in [7, 11) is 0. The third-order valence-corrected chi connectivity index (χ3v) is 2.15. The zero-order valence-corrected chi connectivity index (χ0v) is 9.19. The summed E-state index contributed by atoms with van der Waals surface area (Å²) in [5.74, 6) is 0. The number of benzene rings is 1. The largest absolute Gasteiger partial charge is 0.462 e. The zero-order valence-electron chi connectivity index (χ0n) is 9.19. The molecule has 0 amide bonds. The van der Waals surface area contributed by atoms with Crippen molar-refractivity contribution in [1.29, 1.82) is 0 Å². The summed E-state index contributed by atoms with van der Waals surface area (Å²) in [4.78, 5) is 7.31. The Morgan fingerprint density at radius 1 is 1.38 bits per heavy atom. The Bertz CT molecular complexity index is 467.